The summed E-state index contributed by atoms with van der Waals surface area (Å²) in [6.07, 6.45) is 3.11. The van der Waals surface area contributed by atoms with Crippen LogP contribution in [-0.4, -0.2) is 24.3 Å². The van der Waals surface area contributed by atoms with E-state index in [0.717, 1.165) is 11.3 Å². The standard InChI is InChI=1S/C12H14N6O/c1-15-7-16-9-4-2-8(3-5-9)10-6-19-12(17-10)18-11(13)14/h2-7H,1H3,(H,15,16)(H4,13,14,17,18). The second-order valence-corrected chi connectivity index (χ2v) is 3.67. The molecule has 0 spiro atoms. The van der Waals surface area contributed by atoms with E-state index in [2.05, 4.69) is 20.6 Å². The van der Waals surface area contributed by atoms with E-state index in [1.165, 1.54) is 6.26 Å². The molecule has 98 valence electrons. The maximum absolute atomic E-state index is 7.08. The molecule has 0 saturated heterocycles. The van der Waals surface area contributed by atoms with Gasteiger partial charge in [0.1, 0.15) is 12.0 Å². The fraction of sp³-hybridized carbons (Fsp3) is 0.0833. The quantitative estimate of drug-likeness (QED) is 0.490. The van der Waals surface area contributed by atoms with E-state index >= 15 is 0 Å². The number of aliphatic imine (C=N–C) groups is 1. The molecular formula is C12H14N6O. The van der Waals surface area contributed by atoms with Crippen molar-refractivity contribution in [2.75, 3.05) is 12.4 Å². The van der Waals surface area contributed by atoms with Gasteiger partial charge in [-0.25, -0.2) is 4.99 Å². The van der Waals surface area contributed by atoms with Gasteiger partial charge in [-0.2, -0.15) is 4.98 Å². The van der Waals surface area contributed by atoms with E-state index in [4.69, 9.17) is 15.6 Å². The molecule has 0 aliphatic heterocycles. The molecular weight excluding hydrogens is 244 g/mol. The van der Waals surface area contributed by atoms with Gasteiger partial charge in [0, 0.05) is 12.6 Å². The van der Waals surface area contributed by atoms with Crippen LogP contribution in [0.1, 0.15) is 0 Å². The molecule has 0 aliphatic carbocycles. The lowest BCUT2D eigenvalue weighted by molar-refractivity contribution is 0.579. The van der Waals surface area contributed by atoms with E-state index in [1.54, 1.807) is 13.4 Å². The number of oxazole rings is 1. The van der Waals surface area contributed by atoms with E-state index in [9.17, 15) is 0 Å². The minimum Gasteiger partial charge on any atom is -0.431 e. The lowest BCUT2D eigenvalue weighted by Gasteiger charge is -1.97. The molecule has 7 nitrogen and oxygen atoms in total. The number of nitrogens with one attached hydrogen (secondary N) is 3. The molecule has 0 unspecified atom stereocenters. The maximum atomic E-state index is 7.08. The Kier molecular flexibility index (Phi) is 3.77. The third-order valence-electron chi connectivity index (χ3n) is 2.25. The van der Waals surface area contributed by atoms with Crippen LogP contribution >= 0.6 is 0 Å². The Balaban J connectivity index is 2.15. The lowest BCUT2D eigenvalue weighted by atomic mass is 10.1. The molecule has 1 aromatic heterocycles. The van der Waals surface area contributed by atoms with Crippen LogP contribution in [-0.2, 0) is 0 Å². The molecule has 0 atom stereocenters. The van der Waals surface area contributed by atoms with Crippen LogP contribution in [0.15, 0.2) is 39.9 Å². The van der Waals surface area contributed by atoms with Crippen LogP contribution in [0, 0.1) is 5.41 Å². The average Bonchev–Trinajstić information content (AvgIpc) is 2.84. The zero-order valence-corrected chi connectivity index (χ0v) is 10.3. The second kappa shape index (κ2) is 5.67. The summed E-state index contributed by atoms with van der Waals surface area (Å²) in [5.74, 6) is -0.217. The molecule has 2 rings (SSSR count). The zero-order chi connectivity index (χ0) is 13.7. The first-order valence-corrected chi connectivity index (χ1v) is 5.56. The SMILES string of the molecule is CN/C=N/c1ccc(-c2coc(NC(=N)N)n2)cc1. The second-order valence-electron chi connectivity index (χ2n) is 3.67. The average molecular weight is 258 g/mol. The Morgan fingerprint density at radius 3 is 2.79 bits per heavy atom. The Morgan fingerprint density at radius 1 is 1.42 bits per heavy atom. The molecule has 19 heavy (non-hydrogen) atoms. The van der Waals surface area contributed by atoms with Crippen molar-refractivity contribution in [3.05, 3.63) is 30.5 Å². The predicted octanol–water partition coefficient (Wildman–Crippen LogP) is 1.53. The van der Waals surface area contributed by atoms with E-state index in [0.29, 0.717) is 5.69 Å². The first-order chi connectivity index (χ1) is 9.19. The number of benzene rings is 1. The van der Waals surface area contributed by atoms with Gasteiger partial charge >= 0.3 is 6.01 Å². The van der Waals surface area contributed by atoms with Gasteiger partial charge in [0.05, 0.1) is 12.0 Å². The highest BCUT2D eigenvalue weighted by Crippen LogP contribution is 2.23. The minimum absolute atomic E-state index is 0.194. The van der Waals surface area contributed by atoms with E-state index < -0.39 is 0 Å². The smallest absolute Gasteiger partial charge is 0.301 e. The van der Waals surface area contributed by atoms with Crippen molar-refractivity contribution >= 4 is 24.0 Å². The number of nitrogens with zero attached hydrogens (tertiary/aromatic N) is 2. The molecule has 7 heteroatoms. The molecule has 0 aliphatic rings. The highest BCUT2D eigenvalue weighted by Gasteiger charge is 2.06. The van der Waals surface area contributed by atoms with Crippen LogP contribution in [0.25, 0.3) is 11.3 Å². The van der Waals surface area contributed by atoms with Crippen molar-refractivity contribution in [2.24, 2.45) is 10.7 Å². The topological polar surface area (TPSA) is 112 Å². The Morgan fingerprint density at radius 2 is 2.16 bits per heavy atom. The largest absolute Gasteiger partial charge is 0.431 e. The maximum Gasteiger partial charge on any atom is 0.301 e. The predicted molar refractivity (Wildman–Crippen MR) is 74.7 cm³/mol. The molecule has 0 saturated carbocycles. The summed E-state index contributed by atoms with van der Waals surface area (Å²) in [6.45, 7) is 0. The van der Waals surface area contributed by atoms with Crippen molar-refractivity contribution in [1.82, 2.24) is 10.3 Å². The Labute approximate surface area is 110 Å². The monoisotopic (exact) mass is 258 g/mol. The van der Waals surface area contributed by atoms with Crippen LogP contribution in [0.3, 0.4) is 0 Å². The molecule has 0 bridgehead atoms. The summed E-state index contributed by atoms with van der Waals surface area (Å²) in [5.41, 5.74) is 7.58. The number of rotatable bonds is 4. The summed E-state index contributed by atoms with van der Waals surface area (Å²) in [4.78, 5) is 8.33. The third-order valence-corrected chi connectivity index (χ3v) is 2.25. The van der Waals surface area contributed by atoms with E-state index in [1.807, 2.05) is 24.3 Å². The van der Waals surface area contributed by atoms with Gasteiger partial charge in [-0.3, -0.25) is 10.7 Å². The molecule has 5 N–H and O–H groups in total. The summed E-state index contributed by atoms with van der Waals surface area (Å²) in [6, 6.07) is 7.71. The number of anilines is 1. The summed E-state index contributed by atoms with van der Waals surface area (Å²) in [5, 5.41) is 12.4. The third kappa shape index (κ3) is 3.32. The highest BCUT2D eigenvalue weighted by molar-refractivity contribution is 5.87. The summed E-state index contributed by atoms with van der Waals surface area (Å²) in [7, 11) is 1.79. The van der Waals surface area contributed by atoms with Gasteiger partial charge < -0.3 is 15.5 Å². The van der Waals surface area contributed by atoms with Crippen molar-refractivity contribution in [3.63, 3.8) is 0 Å². The summed E-state index contributed by atoms with van der Waals surface area (Å²) < 4.78 is 5.14. The van der Waals surface area contributed by atoms with Gasteiger partial charge in [0.2, 0.25) is 0 Å². The zero-order valence-electron chi connectivity index (χ0n) is 10.3. The molecule has 0 amide bonds. The van der Waals surface area contributed by atoms with Gasteiger partial charge in [-0.15, -0.1) is 0 Å². The van der Waals surface area contributed by atoms with Gasteiger partial charge in [0.15, 0.2) is 5.96 Å². The molecule has 0 radical (unpaired) electrons. The lowest BCUT2D eigenvalue weighted by Crippen LogP contribution is -2.20. The van der Waals surface area contributed by atoms with Crippen LogP contribution < -0.4 is 16.4 Å². The van der Waals surface area contributed by atoms with E-state index in [-0.39, 0.29) is 12.0 Å². The number of hydrogen-bond acceptors (Lipinski definition) is 4. The summed E-state index contributed by atoms with van der Waals surface area (Å²) >= 11 is 0. The highest BCUT2D eigenvalue weighted by atomic mass is 16.4. The number of nitrogens with two attached hydrogens (primary N) is 1. The van der Waals surface area contributed by atoms with Crippen molar-refractivity contribution in [2.45, 2.75) is 0 Å². The van der Waals surface area contributed by atoms with Gasteiger partial charge in [0.25, 0.3) is 0 Å². The van der Waals surface area contributed by atoms with Crippen molar-refractivity contribution in [1.29, 1.82) is 5.41 Å². The van der Waals surface area contributed by atoms with Crippen molar-refractivity contribution < 1.29 is 4.42 Å². The Hall–Kier alpha value is -2.83. The van der Waals surface area contributed by atoms with Gasteiger partial charge in [-0.05, 0) is 12.1 Å². The first-order valence-electron chi connectivity index (χ1n) is 5.56. The normalized spacial score (nSPS) is 10.6. The fourth-order valence-corrected chi connectivity index (χ4v) is 1.44. The molecule has 1 aromatic carbocycles. The van der Waals surface area contributed by atoms with Crippen LogP contribution in [0.2, 0.25) is 0 Å². The van der Waals surface area contributed by atoms with Crippen LogP contribution in [0.5, 0.6) is 0 Å². The van der Waals surface area contributed by atoms with Crippen LogP contribution in [0.4, 0.5) is 11.7 Å². The minimum atomic E-state index is -0.217. The molecule has 2 aromatic rings. The Bertz CT molecular complexity index is 587. The fourth-order valence-electron chi connectivity index (χ4n) is 1.44. The van der Waals surface area contributed by atoms with Crippen molar-refractivity contribution in [3.8, 4) is 11.3 Å². The van der Waals surface area contributed by atoms with Gasteiger partial charge in [-0.1, -0.05) is 12.1 Å². The number of guanidine groups is 1. The first kappa shape index (κ1) is 12.6. The molecule has 1 heterocycles. The number of aromatic nitrogens is 1. The molecule has 0 fully saturated rings. The number of hydrogen-bond donors (Lipinski definition) is 4.